The molecule has 72 valence electrons. The van der Waals surface area contributed by atoms with E-state index >= 15 is 0 Å². The van der Waals surface area contributed by atoms with Crippen LogP contribution in [-0.4, -0.2) is 0 Å². The largest absolute Gasteiger partial charge is 0.0617 e. The number of fused-ring (bicyclic) bond motifs is 2. The van der Waals surface area contributed by atoms with Gasteiger partial charge in [-0.15, -0.1) is 0 Å². The molecule has 0 aromatic rings. The van der Waals surface area contributed by atoms with Gasteiger partial charge in [-0.05, 0) is 73.5 Å². The van der Waals surface area contributed by atoms with Crippen LogP contribution in [0.4, 0.5) is 0 Å². The molecule has 0 radical (unpaired) electrons. The molecule has 5 aliphatic carbocycles. The van der Waals surface area contributed by atoms with Gasteiger partial charge in [0, 0.05) is 0 Å². The normalized spacial score (nSPS) is 67.6. The zero-order valence-electron chi connectivity index (χ0n) is 8.63. The van der Waals surface area contributed by atoms with Crippen molar-refractivity contribution in [3.63, 3.8) is 0 Å². The third-order valence-corrected chi connectivity index (χ3v) is 6.32. The first-order chi connectivity index (χ1) is 6.31. The van der Waals surface area contributed by atoms with Gasteiger partial charge in [-0.1, -0.05) is 6.92 Å². The van der Waals surface area contributed by atoms with Crippen LogP contribution in [0.3, 0.4) is 0 Å². The number of hydrogen-bond donors (Lipinski definition) is 0. The Labute approximate surface area is 81.1 Å². The van der Waals surface area contributed by atoms with E-state index in [4.69, 9.17) is 0 Å². The standard InChI is InChI=1S/C13H20/c1-8-10-2-3-12-11-6-9(11)4-5-13(8,12)7-10/h8-12H,2-7H2,1H3/t8-,9-,10-,11?,12?,13+/m0/s1. The number of rotatable bonds is 0. The van der Waals surface area contributed by atoms with Crippen molar-refractivity contribution in [2.45, 2.75) is 45.4 Å². The summed E-state index contributed by atoms with van der Waals surface area (Å²) in [4.78, 5) is 0. The molecule has 6 atom stereocenters. The summed E-state index contributed by atoms with van der Waals surface area (Å²) in [6.45, 7) is 2.56. The van der Waals surface area contributed by atoms with Gasteiger partial charge in [0.2, 0.25) is 0 Å². The zero-order chi connectivity index (χ0) is 8.63. The summed E-state index contributed by atoms with van der Waals surface area (Å²) in [5, 5.41) is 0. The van der Waals surface area contributed by atoms with Crippen LogP contribution in [0.15, 0.2) is 0 Å². The van der Waals surface area contributed by atoms with Crippen molar-refractivity contribution >= 4 is 0 Å². The minimum Gasteiger partial charge on any atom is -0.0617 e. The van der Waals surface area contributed by atoms with Crippen LogP contribution < -0.4 is 0 Å². The van der Waals surface area contributed by atoms with Gasteiger partial charge in [0.15, 0.2) is 0 Å². The van der Waals surface area contributed by atoms with Crippen LogP contribution in [0.1, 0.15) is 45.4 Å². The van der Waals surface area contributed by atoms with Gasteiger partial charge in [-0.3, -0.25) is 0 Å². The summed E-state index contributed by atoms with van der Waals surface area (Å²) in [5.41, 5.74) is 0.889. The molecule has 2 bridgehead atoms. The van der Waals surface area contributed by atoms with Crippen molar-refractivity contribution in [2.75, 3.05) is 0 Å². The first-order valence-corrected chi connectivity index (χ1v) is 6.31. The molecule has 13 heavy (non-hydrogen) atoms. The minimum atomic E-state index is 0.889. The van der Waals surface area contributed by atoms with Crippen LogP contribution in [0, 0.1) is 35.0 Å². The zero-order valence-corrected chi connectivity index (χ0v) is 8.63. The Kier molecular flexibility index (Phi) is 1.12. The Hall–Kier alpha value is 0. The van der Waals surface area contributed by atoms with Gasteiger partial charge >= 0.3 is 0 Å². The molecular formula is C13H20. The molecule has 0 nitrogen and oxygen atoms in total. The van der Waals surface area contributed by atoms with Gasteiger partial charge in [-0.2, -0.15) is 0 Å². The lowest BCUT2D eigenvalue weighted by atomic mass is 9.40. The molecule has 5 fully saturated rings. The molecule has 0 aliphatic heterocycles. The fourth-order valence-corrected chi connectivity index (χ4v) is 5.39. The van der Waals surface area contributed by atoms with E-state index in [9.17, 15) is 0 Å². The maximum atomic E-state index is 2.56. The monoisotopic (exact) mass is 176 g/mol. The molecular weight excluding hydrogens is 156 g/mol. The first-order valence-electron chi connectivity index (χ1n) is 6.31. The van der Waals surface area contributed by atoms with E-state index in [1.54, 1.807) is 38.5 Å². The van der Waals surface area contributed by atoms with Crippen molar-refractivity contribution < 1.29 is 0 Å². The van der Waals surface area contributed by atoms with Gasteiger partial charge in [0.05, 0.1) is 0 Å². The van der Waals surface area contributed by atoms with Gasteiger partial charge in [-0.25, -0.2) is 0 Å². The molecule has 0 heteroatoms. The van der Waals surface area contributed by atoms with E-state index in [0.717, 1.165) is 17.3 Å². The fourth-order valence-electron chi connectivity index (χ4n) is 5.39. The van der Waals surface area contributed by atoms with Gasteiger partial charge in [0.1, 0.15) is 0 Å². The van der Waals surface area contributed by atoms with Crippen LogP contribution in [0.2, 0.25) is 0 Å². The van der Waals surface area contributed by atoms with Crippen molar-refractivity contribution in [1.29, 1.82) is 0 Å². The van der Waals surface area contributed by atoms with Crippen LogP contribution in [-0.2, 0) is 0 Å². The first kappa shape index (κ1) is 7.31. The maximum absolute atomic E-state index is 2.56. The van der Waals surface area contributed by atoms with E-state index in [-0.39, 0.29) is 0 Å². The molecule has 0 N–H and O–H groups in total. The average Bonchev–Trinajstić information content (AvgIpc) is 2.95. The molecule has 0 saturated heterocycles. The third kappa shape index (κ3) is 0.680. The molecule has 2 unspecified atom stereocenters. The van der Waals surface area contributed by atoms with Crippen LogP contribution in [0.25, 0.3) is 0 Å². The Morgan fingerprint density at radius 3 is 2.85 bits per heavy atom. The van der Waals surface area contributed by atoms with E-state index in [2.05, 4.69) is 6.92 Å². The SMILES string of the molecule is C[C@H]1[C@H]2CCC3C4C[C@@H]4CC[C@]31C2. The second kappa shape index (κ2) is 1.99. The van der Waals surface area contributed by atoms with E-state index in [1.807, 2.05) is 0 Å². The Bertz CT molecular complexity index is 257. The lowest BCUT2D eigenvalue weighted by molar-refractivity contribution is -0.154. The molecule has 0 heterocycles. The molecule has 0 amide bonds. The topological polar surface area (TPSA) is 0 Å². The van der Waals surface area contributed by atoms with Gasteiger partial charge < -0.3 is 0 Å². The number of hydrogen-bond acceptors (Lipinski definition) is 0. The Morgan fingerprint density at radius 2 is 2.00 bits per heavy atom. The fraction of sp³-hybridized carbons (Fsp3) is 1.00. The molecule has 5 saturated carbocycles. The molecule has 5 rings (SSSR count). The van der Waals surface area contributed by atoms with Gasteiger partial charge in [0.25, 0.3) is 0 Å². The minimum absolute atomic E-state index is 0.889. The summed E-state index contributed by atoms with van der Waals surface area (Å²) in [6.07, 6.45) is 9.63. The smallest absolute Gasteiger partial charge is 0.0235 e. The van der Waals surface area contributed by atoms with Crippen LogP contribution in [0.5, 0.6) is 0 Å². The van der Waals surface area contributed by atoms with Crippen LogP contribution >= 0.6 is 0 Å². The molecule has 1 spiro atoms. The van der Waals surface area contributed by atoms with E-state index < -0.39 is 0 Å². The summed E-state index contributed by atoms with van der Waals surface area (Å²) < 4.78 is 0. The average molecular weight is 176 g/mol. The summed E-state index contributed by atoms with van der Waals surface area (Å²) >= 11 is 0. The van der Waals surface area contributed by atoms with Crippen molar-refractivity contribution in [3.05, 3.63) is 0 Å². The van der Waals surface area contributed by atoms with Crippen molar-refractivity contribution in [2.24, 2.45) is 35.0 Å². The maximum Gasteiger partial charge on any atom is -0.0235 e. The summed E-state index contributed by atoms with van der Waals surface area (Å²) in [7, 11) is 0. The predicted molar refractivity (Wildman–Crippen MR) is 53.3 cm³/mol. The van der Waals surface area contributed by atoms with Crippen molar-refractivity contribution in [3.8, 4) is 0 Å². The predicted octanol–water partition coefficient (Wildman–Crippen LogP) is 3.47. The summed E-state index contributed by atoms with van der Waals surface area (Å²) in [6, 6.07) is 0. The quantitative estimate of drug-likeness (QED) is 0.530. The molecule has 0 aromatic carbocycles. The third-order valence-electron chi connectivity index (χ3n) is 6.32. The second-order valence-corrected chi connectivity index (χ2v) is 6.37. The molecule has 5 aliphatic rings. The Balaban J connectivity index is 1.73. The highest BCUT2D eigenvalue weighted by Gasteiger charge is 2.65. The highest BCUT2D eigenvalue weighted by Crippen LogP contribution is 2.73. The lowest BCUT2D eigenvalue weighted by Gasteiger charge is -2.64. The second-order valence-electron chi connectivity index (χ2n) is 6.37. The summed E-state index contributed by atoms with van der Waals surface area (Å²) in [5.74, 6) is 5.84. The highest BCUT2D eigenvalue weighted by atomic mass is 14.7. The highest BCUT2D eigenvalue weighted by molar-refractivity contribution is 5.14. The molecule has 0 aromatic heterocycles. The van der Waals surface area contributed by atoms with E-state index in [1.165, 1.54) is 17.8 Å². The Morgan fingerprint density at radius 1 is 1.08 bits per heavy atom. The van der Waals surface area contributed by atoms with Crippen molar-refractivity contribution in [1.82, 2.24) is 0 Å². The van der Waals surface area contributed by atoms with E-state index in [0.29, 0.717) is 0 Å². The lowest BCUT2D eigenvalue weighted by Crippen LogP contribution is -2.57.